The second-order valence-corrected chi connectivity index (χ2v) is 2.64. The van der Waals surface area contributed by atoms with E-state index >= 15 is 0 Å². The Bertz CT molecular complexity index is 196. The summed E-state index contributed by atoms with van der Waals surface area (Å²) in [5, 5.41) is 10.6. The van der Waals surface area contributed by atoms with Gasteiger partial charge in [0, 0.05) is 0 Å². The van der Waals surface area contributed by atoms with Crippen LogP contribution in [0.4, 0.5) is 4.79 Å². The highest BCUT2D eigenvalue weighted by Gasteiger charge is 2.13. The van der Waals surface area contributed by atoms with Gasteiger partial charge in [-0.3, -0.25) is 4.79 Å². The Morgan fingerprint density at radius 3 is 2.23 bits per heavy atom. The Morgan fingerprint density at radius 1 is 1.31 bits per heavy atom. The first kappa shape index (κ1) is 11.7. The van der Waals surface area contributed by atoms with E-state index in [9.17, 15) is 9.59 Å². The predicted molar refractivity (Wildman–Crippen MR) is 45.5 cm³/mol. The third-order valence-electron chi connectivity index (χ3n) is 1.43. The molecular weight excluding hydrogens is 176 g/mol. The van der Waals surface area contributed by atoms with Gasteiger partial charge in [0.1, 0.15) is 6.04 Å². The van der Waals surface area contributed by atoms with E-state index in [0.717, 1.165) is 0 Å². The normalized spacial score (nSPS) is 14.6. The number of carbonyl (C=O) groups excluding carboxylic acids is 1. The minimum Gasteiger partial charge on any atom is -0.480 e. The number of carboxylic acids is 1. The lowest BCUT2D eigenvalue weighted by Crippen LogP contribution is -2.45. The monoisotopic (exact) mass is 190 g/mol. The lowest BCUT2D eigenvalue weighted by atomic mass is 10.1. The van der Waals surface area contributed by atoms with Gasteiger partial charge in [-0.2, -0.15) is 0 Å². The summed E-state index contributed by atoms with van der Waals surface area (Å²) in [4.78, 5) is 20.5. The maximum absolute atomic E-state index is 10.3. The van der Waals surface area contributed by atoms with Gasteiger partial charge in [-0.05, 0) is 12.8 Å². The van der Waals surface area contributed by atoms with E-state index in [4.69, 9.17) is 22.3 Å². The summed E-state index contributed by atoms with van der Waals surface area (Å²) < 4.78 is 0. The van der Waals surface area contributed by atoms with Crippen LogP contribution in [0.15, 0.2) is 0 Å². The summed E-state index contributed by atoms with van der Waals surface area (Å²) in [5.41, 5.74) is 15.3. The second-order valence-electron chi connectivity index (χ2n) is 2.64. The Kier molecular flexibility index (Phi) is 4.78. The highest BCUT2D eigenvalue weighted by Crippen LogP contribution is 1.96. The van der Waals surface area contributed by atoms with Crippen molar-refractivity contribution in [2.45, 2.75) is 25.0 Å². The Hall–Kier alpha value is -1.34. The van der Waals surface area contributed by atoms with Gasteiger partial charge >= 0.3 is 12.0 Å². The molecule has 0 aromatic rings. The van der Waals surface area contributed by atoms with Crippen LogP contribution < -0.4 is 22.5 Å². The number of hydrogen-bond acceptors (Lipinski definition) is 4. The molecule has 7 heteroatoms. The van der Waals surface area contributed by atoms with Gasteiger partial charge in [-0.15, -0.1) is 0 Å². The number of nitrogens with one attached hydrogen (secondary N) is 1. The average Bonchev–Trinajstić information content (AvgIpc) is 1.98. The van der Waals surface area contributed by atoms with Crippen molar-refractivity contribution in [3.8, 4) is 0 Å². The third kappa shape index (κ3) is 5.88. The molecule has 0 aliphatic carbocycles. The van der Waals surface area contributed by atoms with Gasteiger partial charge in [0.2, 0.25) is 0 Å². The van der Waals surface area contributed by atoms with Crippen LogP contribution in [-0.4, -0.2) is 29.3 Å². The largest absolute Gasteiger partial charge is 0.480 e. The van der Waals surface area contributed by atoms with Gasteiger partial charge in [0.25, 0.3) is 0 Å². The highest BCUT2D eigenvalue weighted by molar-refractivity contribution is 5.73. The minimum absolute atomic E-state index is 0.191. The van der Waals surface area contributed by atoms with Crippen LogP contribution in [0, 0.1) is 0 Å². The number of hydrogen-bond donors (Lipinski definition) is 5. The maximum Gasteiger partial charge on any atom is 0.320 e. The van der Waals surface area contributed by atoms with Crippen molar-refractivity contribution in [2.75, 3.05) is 0 Å². The van der Waals surface area contributed by atoms with Crippen LogP contribution in [0.25, 0.3) is 0 Å². The molecule has 0 spiro atoms. The van der Waals surface area contributed by atoms with Crippen LogP contribution in [0.3, 0.4) is 0 Å². The molecule has 2 amide bonds. The molecular formula is C6H14N4O3. The molecule has 0 aromatic heterocycles. The van der Waals surface area contributed by atoms with E-state index < -0.39 is 24.2 Å². The van der Waals surface area contributed by atoms with Crippen LogP contribution in [-0.2, 0) is 4.79 Å². The first-order valence-electron chi connectivity index (χ1n) is 3.73. The molecule has 1 unspecified atom stereocenters. The number of urea groups is 1. The lowest BCUT2D eigenvalue weighted by Gasteiger charge is -2.13. The minimum atomic E-state index is -1.09. The SMILES string of the molecule is NC(=O)NC(N)CC[C@H](N)C(=O)O. The van der Waals surface area contributed by atoms with Crippen LogP contribution >= 0.6 is 0 Å². The Balaban J connectivity index is 3.63. The molecule has 0 rings (SSSR count). The van der Waals surface area contributed by atoms with E-state index in [1.807, 2.05) is 0 Å². The molecule has 8 N–H and O–H groups in total. The average molecular weight is 190 g/mol. The fourth-order valence-corrected chi connectivity index (χ4v) is 0.737. The predicted octanol–water partition coefficient (Wildman–Crippen LogP) is -1.87. The van der Waals surface area contributed by atoms with Crippen LogP contribution in [0.1, 0.15) is 12.8 Å². The molecule has 0 saturated carbocycles. The molecule has 0 heterocycles. The number of aliphatic carboxylic acids is 1. The number of amides is 2. The van der Waals surface area contributed by atoms with Gasteiger partial charge in [-0.25, -0.2) is 4.79 Å². The van der Waals surface area contributed by atoms with Crippen molar-refractivity contribution in [1.82, 2.24) is 5.32 Å². The number of rotatable bonds is 5. The fraction of sp³-hybridized carbons (Fsp3) is 0.667. The Labute approximate surface area is 75.3 Å². The Morgan fingerprint density at radius 2 is 1.85 bits per heavy atom. The first-order valence-corrected chi connectivity index (χ1v) is 3.73. The quantitative estimate of drug-likeness (QED) is 0.322. The summed E-state index contributed by atoms with van der Waals surface area (Å²) >= 11 is 0. The zero-order valence-corrected chi connectivity index (χ0v) is 7.06. The zero-order valence-electron chi connectivity index (χ0n) is 7.06. The summed E-state index contributed by atoms with van der Waals surface area (Å²) in [6.07, 6.45) is -0.185. The number of primary amides is 1. The molecule has 0 aromatic carbocycles. The zero-order chi connectivity index (χ0) is 10.4. The van der Waals surface area contributed by atoms with E-state index in [-0.39, 0.29) is 12.8 Å². The first-order chi connectivity index (χ1) is 5.93. The second kappa shape index (κ2) is 5.33. The van der Waals surface area contributed by atoms with Crippen molar-refractivity contribution in [1.29, 1.82) is 0 Å². The van der Waals surface area contributed by atoms with Crippen molar-refractivity contribution >= 4 is 12.0 Å². The van der Waals surface area contributed by atoms with Crippen molar-refractivity contribution in [3.63, 3.8) is 0 Å². The van der Waals surface area contributed by atoms with Crippen molar-refractivity contribution in [2.24, 2.45) is 17.2 Å². The highest BCUT2D eigenvalue weighted by atomic mass is 16.4. The molecule has 76 valence electrons. The van der Waals surface area contributed by atoms with Crippen LogP contribution in [0.5, 0.6) is 0 Å². The molecule has 0 radical (unpaired) electrons. The molecule has 2 atom stereocenters. The van der Waals surface area contributed by atoms with E-state index in [1.165, 1.54) is 0 Å². The molecule has 0 saturated heterocycles. The van der Waals surface area contributed by atoms with E-state index in [2.05, 4.69) is 5.32 Å². The van der Waals surface area contributed by atoms with Gasteiger partial charge in [-0.1, -0.05) is 0 Å². The molecule has 0 fully saturated rings. The fourth-order valence-electron chi connectivity index (χ4n) is 0.737. The summed E-state index contributed by atoms with van der Waals surface area (Å²) in [6.45, 7) is 0. The van der Waals surface area contributed by atoms with Crippen molar-refractivity contribution < 1.29 is 14.7 Å². The van der Waals surface area contributed by atoms with Gasteiger partial charge in [0.15, 0.2) is 0 Å². The smallest absolute Gasteiger partial charge is 0.320 e. The number of carbonyl (C=O) groups is 2. The molecule has 0 aliphatic heterocycles. The number of nitrogens with two attached hydrogens (primary N) is 3. The van der Waals surface area contributed by atoms with E-state index in [0.29, 0.717) is 0 Å². The molecule has 7 nitrogen and oxygen atoms in total. The summed E-state index contributed by atoms with van der Waals surface area (Å²) in [6, 6.07) is -1.70. The molecule has 13 heavy (non-hydrogen) atoms. The lowest BCUT2D eigenvalue weighted by molar-refractivity contribution is -0.138. The third-order valence-corrected chi connectivity index (χ3v) is 1.43. The standard InChI is InChI=1S/C6H14N4O3/c7-3(5(11)12)1-2-4(8)10-6(9)13/h3-4H,1-2,7-8H2,(H,11,12)(H3,9,10,13)/t3-,4?/m0/s1. The van der Waals surface area contributed by atoms with Crippen LogP contribution in [0.2, 0.25) is 0 Å². The summed E-state index contributed by atoms with van der Waals surface area (Å²) in [5.74, 6) is -1.09. The summed E-state index contributed by atoms with van der Waals surface area (Å²) in [7, 11) is 0. The maximum atomic E-state index is 10.3. The molecule has 0 aliphatic rings. The molecule has 0 bridgehead atoms. The van der Waals surface area contributed by atoms with E-state index in [1.54, 1.807) is 0 Å². The number of carboxylic acid groups (broad SMARTS) is 1. The topological polar surface area (TPSA) is 144 Å². The van der Waals surface area contributed by atoms with Gasteiger partial charge in [0.05, 0.1) is 6.17 Å². The van der Waals surface area contributed by atoms with Gasteiger partial charge < -0.3 is 27.6 Å². The van der Waals surface area contributed by atoms with Crippen molar-refractivity contribution in [3.05, 3.63) is 0 Å².